The molecule has 0 aromatic heterocycles. The van der Waals surface area contributed by atoms with Crippen LogP contribution >= 0.6 is 0 Å². The molecule has 1 fully saturated rings. The normalized spacial score (nSPS) is 34.3. The Morgan fingerprint density at radius 2 is 1.83 bits per heavy atom. The van der Waals surface area contributed by atoms with E-state index in [-0.39, 0.29) is 6.42 Å². The van der Waals surface area contributed by atoms with Crippen LogP contribution in [0.15, 0.2) is 30.8 Å². The Kier molecular flexibility index (Phi) is 5.91. The molecule has 5 N–H and O–H groups in total. The number of aliphatic hydroxyl groups excluding tert-OH is 4. The predicted octanol–water partition coefficient (Wildman–Crippen LogP) is -0.185. The maximum atomic E-state index is 10.5. The second-order valence-electron chi connectivity index (χ2n) is 5.94. The Balaban J connectivity index is 1.96. The molecule has 128 valence electrons. The highest BCUT2D eigenvalue weighted by molar-refractivity contribution is 5.47. The number of aryl methyl sites for hydroxylation is 1. The number of benzene rings is 1. The maximum absolute atomic E-state index is 10.5. The van der Waals surface area contributed by atoms with Crippen LogP contribution < -0.4 is 0 Å². The van der Waals surface area contributed by atoms with Crippen LogP contribution in [0, 0.1) is 0 Å². The lowest BCUT2D eigenvalue weighted by Crippen LogP contribution is -2.66. The van der Waals surface area contributed by atoms with Gasteiger partial charge in [-0.25, -0.2) is 0 Å². The molecule has 1 aliphatic rings. The first kappa shape index (κ1) is 18.1. The quantitative estimate of drug-likeness (QED) is 0.496. The first-order chi connectivity index (χ1) is 10.9. The van der Waals surface area contributed by atoms with Crippen LogP contribution in [0.25, 0.3) is 6.08 Å². The molecule has 1 aromatic carbocycles. The zero-order valence-corrected chi connectivity index (χ0v) is 12.9. The minimum Gasteiger partial charge on any atom is -0.394 e. The average Bonchev–Trinajstić information content (AvgIpc) is 2.57. The molecular weight excluding hydrogens is 300 g/mol. The summed E-state index contributed by atoms with van der Waals surface area (Å²) in [6, 6.07) is 7.75. The molecule has 5 atom stereocenters. The number of rotatable bonds is 6. The zero-order chi connectivity index (χ0) is 17.0. The summed E-state index contributed by atoms with van der Waals surface area (Å²) < 4.78 is 5.00. The van der Waals surface area contributed by atoms with Crippen LogP contribution in [0.2, 0.25) is 0 Å². The molecule has 1 aliphatic heterocycles. The minimum absolute atomic E-state index is 0.0494. The summed E-state index contributed by atoms with van der Waals surface area (Å²) in [4.78, 5) is 0. The largest absolute Gasteiger partial charge is 0.394 e. The lowest BCUT2D eigenvalue weighted by Gasteiger charge is -2.46. The Labute approximate surface area is 135 Å². The Morgan fingerprint density at radius 1 is 1.17 bits per heavy atom. The smallest absolute Gasteiger partial charge is 0.186 e. The minimum atomic E-state index is -1.97. The van der Waals surface area contributed by atoms with Gasteiger partial charge < -0.3 is 30.3 Å². The van der Waals surface area contributed by atoms with Gasteiger partial charge in [-0.3, -0.25) is 0 Å². The van der Waals surface area contributed by atoms with Crippen molar-refractivity contribution in [3.8, 4) is 0 Å². The van der Waals surface area contributed by atoms with Crippen molar-refractivity contribution in [2.24, 2.45) is 0 Å². The molecule has 1 aromatic rings. The van der Waals surface area contributed by atoms with Crippen molar-refractivity contribution in [2.75, 3.05) is 6.61 Å². The fourth-order valence-electron chi connectivity index (χ4n) is 2.83. The summed E-state index contributed by atoms with van der Waals surface area (Å²) in [7, 11) is 0. The van der Waals surface area contributed by atoms with E-state index in [2.05, 4.69) is 6.58 Å². The van der Waals surface area contributed by atoms with Crippen molar-refractivity contribution in [2.45, 2.75) is 49.5 Å². The summed E-state index contributed by atoms with van der Waals surface area (Å²) in [5, 5.41) is 49.4. The fourth-order valence-corrected chi connectivity index (χ4v) is 2.83. The van der Waals surface area contributed by atoms with E-state index >= 15 is 0 Å². The standard InChI is InChI=1S/C17H24O6/c1-2-11-5-7-12(8-6-11)4-3-9-17(22)15(20)14(19)13(10-18)23-16(17)21/h2,5-8,13-16,18-22H,1,3-4,9-10H2/t13-,14-,15+,16+,17-/m1/s1. The van der Waals surface area contributed by atoms with E-state index in [4.69, 9.17) is 9.84 Å². The van der Waals surface area contributed by atoms with Crippen LogP contribution in [-0.4, -0.2) is 62.3 Å². The monoisotopic (exact) mass is 324 g/mol. The van der Waals surface area contributed by atoms with Crippen molar-refractivity contribution in [1.29, 1.82) is 0 Å². The van der Waals surface area contributed by atoms with Crippen LogP contribution in [0.4, 0.5) is 0 Å². The average molecular weight is 324 g/mol. The van der Waals surface area contributed by atoms with E-state index in [0.717, 1.165) is 11.1 Å². The Hall–Kier alpha value is -1.28. The number of ether oxygens (including phenoxy) is 1. The summed E-state index contributed by atoms with van der Waals surface area (Å²) in [6.07, 6.45) is -2.92. The molecule has 1 saturated heterocycles. The van der Waals surface area contributed by atoms with E-state index in [9.17, 15) is 20.4 Å². The molecule has 1 heterocycles. The fraction of sp³-hybridized carbons (Fsp3) is 0.529. The third kappa shape index (κ3) is 3.80. The van der Waals surface area contributed by atoms with Gasteiger partial charge in [0.25, 0.3) is 0 Å². The molecule has 23 heavy (non-hydrogen) atoms. The van der Waals surface area contributed by atoms with Gasteiger partial charge in [0, 0.05) is 0 Å². The molecule has 0 aliphatic carbocycles. The topological polar surface area (TPSA) is 110 Å². The van der Waals surface area contributed by atoms with Gasteiger partial charge >= 0.3 is 0 Å². The van der Waals surface area contributed by atoms with E-state index < -0.39 is 36.8 Å². The third-order valence-electron chi connectivity index (χ3n) is 4.39. The van der Waals surface area contributed by atoms with Crippen molar-refractivity contribution < 1.29 is 30.3 Å². The predicted molar refractivity (Wildman–Crippen MR) is 84.4 cm³/mol. The highest BCUT2D eigenvalue weighted by Crippen LogP contribution is 2.32. The zero-order valence-electron chi connectivity index (χ0n) is 12.9. The van der Waals surface area contributed by atoms with Gasteiger partial charge in [0.05, 0.1) is 6.61 Å². The lowest BCUT2D eigenvalue weighted by atomic mass is 9.82. The molecule has 0 unspecified atom stereocenters. The highest BCUT2D eigenvalue weighted by Gasteiger charge is 2.53. The molecule has 0 amide bonds. The van der Waals surface area contributed by atoms with Crippen molar-refractivity contribution in [3.05, 3.63) is 42.0 Å². The van der Waals surface area contributed by atoms with Crippen molar-refractivity contribution in [3.63, 3.8) is 0 Å². The lowest BCUT2D eigenvalue weighted by molar-refractivity contribution is -0.331. The molecule has 0 spiro atoms. The molecule has 0 saturated carbocycles. The van der Waals surface area contributed by atoms with Crippen LogP contribution in [0.1, 0.15) is 24.0 Å². The van der Waals surface area contributed by atoms with E-state index in [1.165, 1.54) is 0 Å². The summed E-state index contributed by atoms with van der Waals surface area (Å²) in [5.74, 6) is 0. The van der Waals surface area contributed by atoms with Crippen molar-refractivity contribution >= 4 is 6.08 Å². The molecular formula is C17H24O6. The summed E-state index contributed by atoms with van der Waals surface area (Å²) in [5.41, 5.74) is 0.0948. The van der Waals surface area contributed by atoms with Gasteiger partial charge in [0.2, 0.25) is 0 Å². The Morgan fingerprint density at radius 3 is 2.39 bits per heavy atom. The third-order valence-corrected chi connectivity index (χ3v) is 4.39. The molecule has 0 bridgehead atoms. The van der Waals surface area contributed by atoms with Crippen LogP contribution in [0.3, 0.4) is 0 Å². The first-order valence-corrected chi connectivity index (χ1v) is 7.66. The number of aliphatic hydroxyl groups is 5. The molecule has 2 rings (SSSR count). The van der Waals surface area contributed by atoms with E-state index in [1.54, 1.807) is 6.08 Å². The van der Waals surface area contributed by atoms with Crippen LogP contribution in [-0.2, 0) is 11.2 Å². The summed E-state index contributed by atoms with van der Waals surface area (Å²) >= 11 is 0. The second kappa shape index (κ2) is 7.53. The highest BCUT2D eigenvalue weighted by atomic mass is 16.6. The van der Waals surface area contributed by atoms with Gasteiger partial charge in [-0.2, -0.15) is 0 Å². The van der Waals surface area contributed by atoms with Gasteiger partial charge in [0.1, 0.15) is 23.9 Å². The van der Waals surface area contributed by atoms with E-state index in [1.807, 2.05) is 24.3 Å². The maximum Gasteiger partial charge on any atom is 0.186 e. The van der Waals surface area contributed by atoms with Crippen LogP contribution in [0.5, 0.6) is 0 Å². The van der Waals surface area contributed by atoms with Crippen molar-refractivity contribution in [1.82, 2.24) is 0 Å². The second-order valence-corrected chi connectivity index (χ2v) is 5.94. The van der Waals surface area contributed by atoms with Gasteiger partial charge in [0.15, 0.2) is 6.29 Å². The molecule has 6 heteroatoms. The first-order valence-electron chi connectivity index (χ1n) is 7.66. The molecule has 0 radical (unpaired) electrons. The summed E-state index contributed by atoms with van der Waals surface area (Å²) in [6.45, 7) is 3.13. The molecule has 6 nitrogen and oxygen atoms in total. The SMILES string of the molecule is C=Cc1ccc(CCC[C@]2(O)[C@@H](O)O[C@H](CO)[C@@H](O)[C@@H]2O)cc1. The van der Waals surface area contributed by atoms with Gasteiger partial charge in [-0.05, 0) is 30.4 Å². The van der Waals surface area contributed by atoms with Gasteiger partial charge in [-0.15, -0.1) is 0 Å². The van der Waals surface area contributed by atoms with E-state index in [0.29, 0.717) is 12.8 Å². The number of hydrogen-bond donors (Lipinski definition) is 5. The van der Waals surface area contributed by atoms with Gasteiger partial charge in [-0.1, -0.05) is 36.9 Å². The Bertz CT molecular complexity index is 516. The number of hydrogen-bond acceptors (Lipinski definition) is 6.